The number of benzene rings is 1. The molecule has 0 amide bonds. The van der Waals surface area contributed by atoms with E-state index in [9.17, 15) is 0 Å². The van der Waals surface area contributed by atoms with Gasteiger partial charge in [0.25, 0.3) is 0 Å². The van der Waals surface area contributed by atoms with E-state index in [4.69, 9.17) is 0 Å². The first kappa shape index (κ1) is 8.58. The Morgan fingerprint density at radius 2 is 2.06 bits per heavy atom. The number of hydrogen-bond donors (Lipinski definition) is 0. The lowest BCUT2D eigenvalue weighted by Gasteiger charge is -2.37. The molecule has 1 aromatic carbocycles. The molecule has 2 atom stereocenters. The fraction of sp³-hybridized carbons (Fsp3) is 0.250. The van der Waals surface area contributed by atoms with Gasteiger partial charge in [0.05, 0.1) is 0 Å². The van der Waals surface area contributed by atoms with Crippen molar-refractivity contribution in [1.82, 2.24) is 0 Å². The second-order valence-corrected chi connectivity index (χ2v) is 4.95. The van der Waals surface area contributed by atoms with E-state index in [1.54, 1.807) is 11.1 Å². The summed E-state index contributed by atoms with van der Waals surface area (Å²) in [7, 11) is 0. The summed E-state index contributed by atoms with van der Waals surface area (Å²) >= 11 is 0. The van der Waals surface area contributed by atoms with Gasteiger partial charge in [-0.3, -0.25) is 0 Å². The van der Waals surface area contributed by atoms with Crippen LogP contribution >= 0.6 is 0 Å². The molecule has 1 aromatic rings. The molecule has 0 spiro atoms. The molecule has 0 aliphatic heterocycles. The molecule has 2 unspecified atom stereocenters. The second kappa shape index (κ2) is 2.98. The van der Waals surface area contributed by atoms with Gasteiger partial charge in [-0.2, -0.15) is 0 Å². The minimum atomic E-state index is 0.606. The zero-order valence-corrected chi connectivity index (χ0v) is 9.19. The monoisotopic (exact) mass is 206 g/mol. The lowest BCUT2D eigenvalue weighted by molar-refractivity contribution is 0.615. The predicted octanol–water partition coefficient (Wildman–Crippen LogP) is 3.86. The Morgan fingerprint density at radius 1 is 1.06 bits per heavy atom. The summed E-state index contributed by atoms with van der Waals surface area (Å²) in [5.74, 6) is 1.25. The van der Waals surface area contributed by atoms with Crippen LogP contribution in [0.25, 0.3) is 6.08 Å². The van der Waals surface area contributed by atoms with E-state index < -0.39 is 0 Å². The van der Waals surface area contributed by atoms with Crippen LogP contribution in [0.3, 0.4) is 0 Å². The summed E-state index contributed by atoms with van der Waals surface area (Å²) in [4.78, 5) is 0. The molecule has 3 aliphatic rings. The van der Waals surface area contributed by atoms with Crippen LogP contribution in [0, 0.1) is 5.92 Å². The van der Waals surface area contributed by atoms with Crippen LogP contribution in [0.4, 0.5) is 0 Å². The summed E-state index contributed by atoms with van der Waals surface area (Å²) in [6.45, 7) is 0. The third kappa shape index (κ3) is 0.996. The Bertz CT molecular complexity index is 543. The maximum Gasteiger partial charge on any atom is 0.0158 e. The molecule has 0 saturated heterocycles. The Labute approximate surface area is 96.0 Å². The summed E-state index contributed by atoms with van der Waals surface area (Å²) in [5.41, 5.74) is 6.23. The highest BCUT2D eigenvalue weighted by atomic mass is 14.4. The van der Waals surface area contributed by atoms with Crippen LogP contribution in [-0.2, 0) is 6.42 Å². The zero-order valence-electron chi connectivity index (χ0n) is 9.19. The van der Waals surface area contributed by atoms with Crippen molar-refractivity contribution >= 4 is 6.08 Å². The van der Waals surface area contributed by atoms with Gasteiger partial charge in [-0.1, -0.05) is 54.2 Å². The van der Waals surface area contributed by atoms with Gasteiger partial charge in [0.15, 0.2) is 0 Å². The molecular weight excluding hydrogens is 192 g/mol. The number of allylic oxidation sites excluding steroid dienone is 5. The summed E-state index contributed by atoms with van der Waals surface area (Å²) in [5, 5.41) is 0. The van der Waals surface area contributed by atoms with Crippen LogP contribution in [0.2, 0.25) is 0 Å². The normalized spacial score (nSPS) is 28.6. The van der Waals surface area contributed by atoms with Gasteiger partial charge in [0.1, 0.15) is 0 Å². The smallest absolute Gasteiger partial charge is 0.0158 e. The molecule has 0 heteroatoms. The standard InChI is InChI=1S/C16H14/c1-3-11-7-9-13-5-2-6-14-10-8-12(4-1)15(11)16(13)14/h1-5,7,9-10,13,16H,6,8H2. The van der Waals surface area contributed by atoms with E-state index in [1.807, 2.05) is 0 Å². The molecule has 0 heterocycles. The Morgan fingerprint density at radius 3 is 3.06 bits per heavy atom. The van der Waals surface area contributed by atoms with Crippen molar-refractivity contribution in [3.05, 3.63) is 64.8 Å². The third-order valence-corrected chi connectivity index (χ3v) is 4.12. The molecule has 0 fully saturated rings. The molecule has 0 saturated carbocycles. The largest absolute Gasteiger partial charge is 0.0838 e. The molecular formula is C16H14. The van der Waals surface area contributed by atoms with E-state index >= 15 is 0 Å². The van der Waals surface area contributed by atoms with Crippen molar-refractivity contribution < 1.29 is 0 Å². The third-order valence-electron chi connectivity index (χ3n) is 4.12. The van der Waals surface area contributed by atoms with Crippen LogP contribution in [0.15, 0.2) is 48.1 Å². The van der Waals surface area contributed by atoms with Gasteiger partial charge < -0.3 is 0 Å². The molecule has 3 aliphatic carbocycles. The molecule has 0 N–H and O–H groups in total. The maximum atomic E-state index is 2.45. The van der Waals surface area contributed by atoms with Crippen LogP contribution in [-0.4, -0.2) is 0 Å². The molecule has 16 heavy (non-hydrogen) atoms. The first-order valence-electron chi connectivity index (χ1n) is 6.09. The van der Waals surface area contributed by atoms with E-state index in [2.05, 4.69) is 48.6 Å². The van der Waals surface area contributed by atoms with Crippen molar-refractivity contribution in [2.75, 3.05) is 0 Å². The van der Waals surface area contributed by atoms with Gasteiger partial charge in [0.2, 0.25) is 0 Å². The Hall–Kier alpha value is -1.56. The second-order valence-electron chi connectivity index (χ2n) is 4.95. The predicted molar refractivity (Wildman–Crippen MR) is 67.3 cm³/mol. The summed E-state index contributed by atoms with van der Waals surface area (Å²) in [6, 6.07) is 6.74. The van der Waals surface area contributed by atoms with Gasteiger partial charge >= 0.3 is 0 Å². The van der Waals surface area contributed by atoms with Crippen LogP contribution in [0.1, 0.15) is 29.0 Å². The minimum absolute atomic E-state index is 0.606. The first-order valence-corrected chi connectivity index (χ1v) is 6.09. The van der Waals surface area contributed by atoms with Gasteiger partial charge in [0, 0.05) is 11.8 Å². The highest BCUT2D eigenvalue weighted by Crippen LogP contribution is 2.47. The highest BCUT2D eigenvalue weighted by Gasteiger charge is 2.32. The van der Waals surface area contributed by atoms with Gasteiger partial charge in [-0.15, -0.1) is 0 Å². The van der Waals surface area contributed by atoms with Crippen LogP contribution < -0.4 is 0 Å². The summed E-state index contributed by atoms with van der Waals surface area (Å²) in [6.07, 6.45) is 14.1. The number of rotatable bonds is 0. The molecule has 0 radical (unpaired) electrons. The topological polar surface area (TPSA) is 0 Å². The van der Waals surface area contributed by atoms with Gasteiger partial charge in [-0.05, 0) is 29.5 Å². The van der Waals surface area contributed by atoms with Gasteiger partial charge in [-0.25, -0.2) is 0 Å². The molecule has 4 rings (SSSR count). The minimum Gasteiger partial charge on any atom is -0.0838 e. The van der Waals surface area contributed by atoms with E-state index in [-0.39, 0.29) is 0 Å². The Balaban J connectivity index is 2.03. The van der Waals surface area contributed by atoms with E-state index in [0.29, 0.717) is 11.8 Å². The SMILES string of the molecule is C1=CC2C=Cc3cccc4c3C2C(=CC4)C1. The molecule has 78 valence electrons. The lowest BCUT2D eigenvalue weighted by atomic mass is 9.67. The molecule has 0 nitrogen and oxygen atoms in total. The quantitative estimate of drug-likeness (QED) is 0.565. The number of hydrogen-bond acceptors (Lipinski definition) is 0. The zero-order chi connectivity index (χ0) is 10.5. The summed E-state index contributed by atoms with van der Waals surface area (Å²) < 4.78 is 0. The van der Waals surface area contributed by atoms with Crippen molar-refractivity contribution in [2.24, 2.45) is 5.92 Å². The fourth-order valence-electron chi connectivity index (χ4n) is 3.40. The lowest BCUT2D eigenvalue weighted by Crippen LogP contribution is -2.23. The average Bonchev–Trinajstić information content (AvgIpc) is 2.36. The van der Waals surface area contributed by atoms with E-state index in [0.717, 1.165) is 12.8 Å². The van der Waals surface area contributed by atoms with E-state index in [1.165, 1.54) is 11.1 Å². The van der Waals surface area contributed by atoms with Crippen LogP contribution in [0.5, 0.6) is 0 Å². The van der Waals surface area contributed by atoms with Crippen molar-refractivity contribution in [3.8, 4) is 0 Å². The highest BCUT2D eigenvalue weighted by molar-refractivity contribution is 5.65. The maximum absolute atomic E-state index is 2.45. The van der Waals surface area contributed by atoms with Crippen molar-refractivity contribution in [2.45, 2.75) is 18.8 Å². The van der Waals surface area contributed by atoms with Crippen molar-refractivity contribution in [3.63, 3.8) is 0 Å². The fourth-order valence-corrected chi connectivity index (χ4v) is 3.40. The molecule has 0 bridgehead atoms. The average molecular weight is 206 g/mol. The van der Waals surface area contributed by atoms with Crippen molar-refractivity contribution in [1.29, 1.82) is 0 Å². The molecule has 0 aromatic heterocycles. The Kier molecular flexibility index (Phi) is 1.59. The first-order chi connectivity index (χ1) is 7.93.